The van der Waals surface area contributed by atoms with Crippen molar-refractivity contribution in [1.29, 1.82) is 0 Å². The molecule has 0 unspecified atom stereocenters. The van der Waals surface area contributed by atoms with Crippen LogP contribution >= 0.6 is 0 Å². The Morgan fingerprint density at radius 2 is 1.90 bits per heavy atom. The quantitative estimate of drug-likeness (QED) is 0.693. The molecule has 4 heteroatoms. The van der Waals surface area contributed by atoms with E-state index in [0.717, 1.165) is 18.6 Å². The maximum atomic E-state index is 11.4. The van der Waals surface area contributed by atoms with E-state index in [2.05, 4.69) is 16.9 Å². The van der Waals surface area contributed by atoms with Gasteiger partial charge >= 0.3 is 5.97 Å². The maximum Gasteiger partial charge on any atom is 0.337 e. The third kappa shape index (κ3) is 2.70. The standard InChI is InChI=1S/C17H17NO3/c1-20-17(19)13-6-8-16(15(18)10-13)21-14-7-5-11-3-2-4-12(11)9-14/h5-10H,2-4,18H2,1H3. The molecule has 0 saturated carbocycles. The Bertz CT molecular complexity index is 694. The number of anilines is 1. The summed E-state index contributed by atoms with van der Waals surface area (Å²) in [5, 5.41) is 0. The monoisotopic (exact) mass is 283 g/mol. The highest BCUT2D eigenvalue weighted by molar-refractivity contribution is 5.90. The molecule has 2 aromatic carbocycles. The molecule has 0 aliphatic heterocycles. The van der Waals surface area contributed by atoms with E-state index in [9.17, 15) is 4.79 Å². The van der Waals surface area contributed by atoms with Crippen molar-refractivity contribution in [3.63, 3.8) is 0 Å². The van der Waals surface area contributed by atoms with E-state index >= 15 is 0 Å². The lowest BCUT2D eigenvalue weighted by Gasteiger charge is -2.11. The molecule has 0 spiro atoms. The van der Waals surface area contributed by atoms with Gasteiger partial charge in [0.1, 0.15) is 11.5 Å². The highest BCUT2D eigenvalue weighted by Crippen LogP contribution is 2.32. The van der Waals surface area contributed by atoms with Crippen LogP contribution in [0.4, 0.5) is 5.69 Å². The summed E-state index contributed by atoms with van der Waals surface area (Å²) in [7, 11) is 1.34. The van der Waals surface area contributed by atoms with Gasteiger partial charge in [-0.3, -0.25) is 0 Å². The molecule has 21 heavy (non-hydrogen) atoms. The second-order valence-electron chi connectivity index (χ2n) is 5.13. The van der Waals surface area contributed by atoms with E-state index in [0.29, 0.717) is 17.0 Å². The van der Waals surface area contributed by atoms with Gasteiger partial charge in [-0.25, -0.2) is 4.79 Å². The van der Waals surface area contributed by atoms with Gasteiger partial charge in [-0.2, -0.15) is 0 Å². The van der Waals surface area contributed by atoms with E-state index in [1.807, 2.05) is 6.07 Å². The van der Waals surface area contributed by atoms with Crippen LogP contribution in [-0.2, 0) is 17.6 Å². The summed E-state index contributed by atoms with van der Waals surface area (Å²) < 4.78 is 10.5. The first kappa shape index (κ1) is 13.5. The molecule has 2 aromatic rings. The third-order valence-electron chi connectivity index (χ3n) is 3.73. The average molecular weight is 283 g/mol. The van der Waals surface area contributed by atoms with Crippen molar-refractivity contribution in [2.24, 2.45) is 0 Å². The van der Waals surface area contributed by atoms with Gasteiger partial charge in [0.05, 0.1) is 18.4 Å². The summed E-state index contributed by atoms with van der Waals surface area (Å²) in [5.41, 5.74) is 9.51. The van der Waals surface area contributed by atoms with Crippen molar-refractivity contribution in [3.8, 4) is 11.5 Å². The third-order valence-corrected chi connectivity index (χ3v) is 3.73. The van der Waals surface area contributed by atoms with E-state index in [1.54, 1.807) is 18.2 Å². The molecule has 0 radical (unpaired) electrons. The number of benzene rings is 2. The first-order valence-corrected chi connectivity index (χ1v) is 6.95. The first-order valence-electron chi connectivity index (χ1n) is 6.95. The van der Waals surface area contributed by atoms with Crippen LogP contribution in [0.15, 0.2) is 36.4 Å². The van der Waals surface area contributed by atoms with E-state index in [-0.39, 0.29) is 0 Å². The molecular formula is C17H17NO3. The number of carbonyl (C=O) groups is 1. The van der Waals surface area contributed by atoms with Gasteiger partial charge in [-0.05, 0) is 60.7 Å². The molecular weight excluding hydrogens is 266 g/mol. The lowest BCUT2D eigenvalue weighted by molar-refractivity contribution is 0.0601. The zero-order valence-electron chi connectivity index (χ0n) is 11.9. The van der Waals surface area contributed by atoms with Crippen molar-refractivity contribution in [2.75, 3.05) is 12.8 Å². The molecule has 2 N–H and O–H groups in total. The Morgan fingerprint density at radius 1 is 1.10 bits per heavy atom. The van der Waals surface area contributed by atoms with Crippen LogP contribution in [0.1, 0.15) is 27.9 Å². The molecule has 4 nitrogen and oxygen atoms in total. The highest BCUT2D eigenvalue weighted by Gasteiger charge is 2.13. The van der Waals surface area contributed by atoms with Crippen LogP contribution in [0.25, 0.3) is 0 Å². The van der Waals surface area contributed by atoms with Crippen LogP contribution in [0.2, 0.25) is 0 Å². The number of hydrogen-bond acceptors (Lipinski definition) is 4. The number of esters is 1. The number of nitrogens with two attached hydrogens (primary N) is 1. The lowest BCUT2D eigenvalue weighted by Crippen LogP contribution is -2.02. The molecule has 0 fully saturated rings. The number of nitrogen functional groups attached to an aromatic ring is 1. The molecule has 0 atom stereocenters. The lowest BCUT2D eigenvalue weighted by atomic mass is 10.1. The van der Waals surface area contributed by atoms with Crippen molar-refractivity contribution in [3.05, 3.63) is 53.1 Å². The summed E-state index contributed by atoms with van der Waals surface area (Å²) in [6.45, 7) is 0. The first-order chi connectivity index (χ1) is 10.2. The molecule has 108 valence electrons. The van der Waals surface area contributed by atoms with Gasteiger partial charge in [-0.15, -0.1) is 0 Å². The zero-order chi connectivity index (χ0) is 14.8. The van der Waals surface area contributed by atoms with Gasteiger partial charge in [0.25, 0.3) is 0 Å². The number of fused-ring (bicyclic) bond motifs is 1. The van der Waals surface area contributed by atoms with Gasteiger partial charge in [0.2, 0.25) is 0 Å². The predicted molar refractivity (Wildman–Crippen MR) is 80.7 cm³/mol. The Labute approximate surface area is 123 Å². The molecule has 1 aliphatic carbocycles. The smallest absolute Gasteiger partial charge is 0.337 e. The minimum absolute atomic E-state index is 0.411. The van der Waals surface area contributed by atoms with Crippen molar-refractivity contribution >= 4 is 11.7 Å². The Balaban J connectivity index is 1.83. The second-order valence-corrected chi connectivity index (χ2v) is 5.13. The molecule has 0 bridgehead atoms. The maximum absolute atomic E-state index is 11.4. The van der Waals surface area contributed by atoms with Crippen molar-refractivity contribution in [2.45, 2.75) is 19.3 Å². The summed E-state index contributed by atoms with van der Waals surface area (Å²) in [6.07, 6.45) is 3.45. The van der Waals surface area contributed by atoms with Crippen LogP contribution < -0.4 is 10.5 Å². The zero-order valence-corrected chi connectivity index (χ0v) is 11.9. The molecule has 0 amide bonds. The van der Waals surface area contributed by atoms with Gasteiger partial charge in [0, 0.05) is 0 Å². The van der Waals surface area contributed by atoms with Crippen LogP contribution in [0, 0.1) is 0 Å². The Hall–Kier alpha value is -2.49. The normalized spacial score (nSPS) is 12.8. The number of aryl methyl sites for hydroxylation is 2. The minimum atomic E-state index is -0.411. The summed E-state index contributed by atoms with van der Waals surface area (Å²) >= 11 is 0. The Morgan fingerprint density at radius 3 is 2.67 bits per heavy atom. The van der Waals surface area contributed by atoms with Crippen molar-refractivity contribution < 1.29 is 14.3 Å². The topological polar surface area (TPSA) is 61.5 Å². The number of carbonyl (C=O) groups excluding carboxylic acids is 1. The number of rotatable bonds is 3. The Kier molecular flexibility index (Phi) is 3.52. The average Bonchev–Trinajstić information content (AvgIpc) is 2.96. The molecule has 1 aliphatic rings. The number of methoxy groups -OCH3 is 1. The summed E-state index contributed by atoms with van der Waals surface area (Å²) in [4.78, 5) is 11.4. The van der Waals surface area contributed by atoms with Crippen molar-refractivity contribution in [1.82, 2.24) is 0 Å². The summed E-state index contributed by atoms with van der Waals surface area (Å²) in [5.74, 6) is 0.902. The van der Waals surface area contributed by atoms with E-state index < -0.39 is 5.97 Å². The van der Waals surface area contributed by atoms with Crippen LogP contribution in [0.5, 0.6) is 11.5 Å². The molecule has 0 aromatic heterocycles. The SMILES string of the molecule is COC(=O)c1ccc(Oc2ccc3c(c2)CCC3)c(N)c1. The highest BCUT2D eigenvalue weighted by atomic mass is 16.5. The largest absolute Gasteiger partial charge is 0.465 e. The van der Waals surface area contributed by atoms with Crippen LogP contribution in [0.3, 0.4) is 0 Å². The fraction of sp³-hybridized carbons (Fsp3) is 0.235. The fourth-order valence-corrected chi connectivity index (χ4v) is 2.62. The second kappa shape index (κ2) is 5.48. The molecule has 3 rings (SSSR count). The minimum Gasteiger partial charge on any atom is -0.465 e. The van der Waals surface area contributed by atoms with E-state index in [1.165, 1.54) is 24.7 Å². The fourth-order valence-electron chi connectivity index (χ4n) is 2.62. The summed E-state index contributed by atoms with van der Waals surface area (Å²) in [6, 6.07) is 11.0. The molecule has 0 heterocycles. The van der Waals surface area contributed by atoms with Gasteiger partial charge in [-0.1, -0.05) is 6.07 Å². The van der Waals surface area contributed by atoms with Crippen LogP contribution in [-0.4, -0.2) is 13.1 Å². The van der Waals surface area contributed by atoms with E-state index in [4.69, 9.17) is 10.5 Å². The number of hydrogen-bond donors (Lipinski definition) is 1. The van der Waals surface area contributed by atoms with Gasteiger partial charge in [0.15, 0.2) is 0 Å². The number of ether oxygens (including phenoxy) is 2. The predicted octanol–water partition coefficient (Wildman–Crippen LogP) is 3.34. The van der Waals surface area contributed by atoms with Gasteiger partial charge < -0.3 is 15.2 Å². The molecule has 0 saturated heterocycles.